The molecule has 0 spiro atoms. The number of benzene rings is 2. The smallest absolute Gasteiger partial charge is 0.248 e. The fraction of sp³-hybridized carbons (Fsp3) is 0.250. The molecule has 0 unspecified atom stereocenters. The van der Waals surface area contributed by atoms with Gasteiger partial charge in [0.2, 0.25) is 15.9 Å². The van der Waals surface area contributed by atoms with Crippen LogP contribution in [-0.2, 0) is 14.8 Å². The van der Waals surface area contributed by atoms with Crippen LogP contribution < -0.4 is 14.8 Å². The summed E-state index contributed by atoms with van der Waals surface area (Å²) in [5.41, 5.74) is 2.31. The van der Waals surface area contributed by atoms with Crippen molar-refractivity contribution in [1.29, 1.82) is 0 Å². The largest absolute Gasteiger partial charge is 0.496 e. The molecule has 0 saturated carbocycles. The Bertz CT molecular complexity index is 933. The van der Waals surface area contributed by atoms with Crippen LogP contribution in [0.4, 0.5) is 5.69 Å². The molecule has 0 saturated heterocycles. The Balaban J connectivity index is 2.03. The van der Waals surface area contributed by atoms with Crippen molar-refractivity contribution < 1.29 is 17.9 Å². The third-order valence-electron chi connectivity index (χ3n) is 3.67. The van der Waals surface area contributed by atoms with Gasteiger partial charge in [-0.05, 0) is 68.3 Å². The highest BCUT2D eigenvalue weighted by molar-refractivity contribution is 7.89. The molecule has 0 heterocycles. The molecule has 0 aliphatic heterocycles. The highest BCUT2D eigenvalue weighted by Crippen LogP contribution is 2.21. The van der Waals surface area contributed by atoms with Crippen LogP contribution >= 0.6 is 0 Å². The maximum absolute atomic E-state index is 12.1. The van der Waals surface area contributed by atoms with Gasteiger partial charge in [0, 0.05) is 17.8 Å². The number of methoxy groups -OCH3 is 1. The average molecular weight is 388 g/mol. The molecule has 2 rings (SSSR count). The van der Waals surface area contributed by atoms with Crippen LogP contribution in [0.5, 0.6) is 5.75 Å². The van der Waals surface area contributed by atoms with E-state index in [-0.39, 0.29) is 16.8 Å². The molecule has 27 heavy (non-hydrogen) atoms. The number of hydrogen-bond donors (Lipinski definition) is 2. The predicted molar refractivity (Wildman–Crippen MR) is 107 cm³/mol. The van der Waals surface area contributed by atoms with E-state index in [1.54, 1.807) is 51.3 Å². The highest BCUT2D eigenvalue weighted by atomic mass is 32.2. The van der Waals surface area contributed by atoms with Gasteiger partial charge in [0.25, 0.3) is 0 Å². The maximum Gasteiger partial charge on any atom is 0.248 e. The van der Waals surface area contributed by atoms with Crippen LogP contribution in [0.25, 0.3) is 6.08 Å². The number of carbonyl (C=O) groups excluding carboxylic acids is 1. The van der Waals surface area contributed by atoms with E-state index in [9.17, 15) is 13.2 Å². The number of rotatable bonds is 7. The van der Waals surface area contributed by atoms with Crippen LogP contribution in [0.2, 0.25) is 0 Å². The first kappa shape index (κ1) is 20.7. The van der Waals surface area contributed by atoms with Crippen LogP contribution in [0.1, 0.15) is 25.0 Å². The van der Waals surface area contributed by atoms with E-state index in [0.29, 0.717) is 5.69 Å². The van der Waals surface area contributed by atoms with Gasteiger partial charge in [0.1, 0.15) is 5.75 Å². The molecule has 7 heteroatoms. The summed E-state index contributed by atoms with van der Waals surface area (Å²) < 4.78 is 31.9. The normalized spacial score (nSPS) is 11.7. The summed E-state index contributed by atoms with van der Waals surface area (Å²) in [4.78, 5) is 12.3. The van der Waals surface area contributed by atoms with E-state index in [0.717, 1.165) is 16.9 Å². The van der Waals surface area contributed by atoms with Gasteiger partial charge in [-0.1, -0.05) is 12.1 Å². The van der Waals surface area contributed by atoms with E-state index < -0.39 is 10.0 Å². The van der Waals surface area contributed by atoms with Gasteiger partial charge >= 0.3 is 0 Å². The summed E-state index contributed by atoms with van der Waals surface area (Å²) in [6.45, 7) is 5.42. The molecule has 0 bridgehead atoms. The molecular weight excluding hydrogens is 364 g/mol. The second-order valence-electron chi connectivity index (χ2n) is 6.35. The number of anilines is 1. The van der Waals surface area contributed by atoms with Crippen molar-refractivity contribution in [3.8, 4) is 5.75 Å². The lowest BCUT2D eigenvalue weighted by Crippen LogP contribution is -2.30. The van der Waals surface area contributed by atoms with E-state index >= 15 is 0 Å². The molecule has 0 fully saturated rings. The van der Waals surface area contributed by atoms with Gasteiger partial charge in [-0.2, -0.15) is 0 Å². The van der Waals surface area contributed by atoms with E-state index in [4.69, 9.17) is 4.74 Å². The fourth-order valence-corrected chi connectivity index (χ4v) is 3.70. The van der Waals surface area contributed by atoms with Crippen LogP contribution in [0, 0.1) is 6.92 Å². The Morgan fingerprint density at radius 2 is 1.78 bits per heavy atom. The lowest BCUT2D eigenvalue weighted by molar-refractivity contribution is -0.111. The second-order valence-corrected chi connectivity index (χ2v) is 8.07. The maximum atomic E-state index is 12.1. The zero-order valence-electron chi connectivity index (χ0n) is 15.8. The molecule has 0 aliphatic rings. The van der Waals surface area contributed by atoms with Gasteiger partial charge in [-0.15, -0.1) is 0 Å². The average Bonchev–Trinajstić information content (AvgIpc) is 2.59. The van der Waals surface area contributed by atoms with Crippen molar-refractivity contribution in [1.82, 2.24) is 4.72 Å². The van der Waals surface area contributed by atoms with Crippen molar-refractivity contribution in [3.05, 3.63) is 59.7 Å². The number of amides is 1. The number of aryl methyl sites for hydroxylation is 1. The predicted octanol–water partition coefficient (Wildman–Crippen LogP) is 3.34. The zero-order valence-corrected chi connectivity index (χ0v) is 16.6. The second kappa shape index (κ2) is 8.83. The quantitative estimate of drug-likeness (QED) is 0.713. The minimum Gasteiger partial charge on any atom is -0.496 e. The molecule has 2 aromatic carbocycles. The fourth-order valence-electron chi connectivity index (χ4n) is 2.45. The first-order valence-electron chi connectivity index (χ1n) is 8.47. The number of hydrogen-bond acceptors (Lipinski definition) is 4. The van der Waals surface area contributed by atoms with Crippen LogP contribution in [0.15, 0.2) is 53.4 Å². The number of nitrogens with one attached hydrogen (secondary N) is 2. The Morgan fingerprint density at radius 3 is 2.33 bits per heavy atom. The van der Waals surface area contributed by atoms with Crippen molar-refractivity contribution >= 4 is 27.7 Å². The monoisotopic (exact) mass is 388 g/mol. The Morgan fingerprint density at radius 1 is 1.11 bits per heavy atom. The lowest BCUT2D eigenvalue weighted by atomic mass is 10.2. The Kier molecular flexibility index (Phi) is 6.76. The van der Waals surface area contributed by atoms with Gasteiger partial charge in [0.15, 0.2) is 0 Å². The minimum atomic E-state index is -3.52. The van der Waals surface area contributed by atoms with Crippen LogP contribution in [-0.4, -0.2) is 27.5 Å². The third-order valence-corrected chi connectivity index (χ3v) is 5.35. The standard InChI is InChI=1S/C20H24N2O4S/c1-14(2)22-27(24,25)18-9-5-16(6-10-18)7-12-20(23)21-17-8-11-19(26-4)15(3)13-17/h5-14,22H,1-4H3,(H,21,23). The van der Waals surface area contributed by atoms with Crippen molar-refractivity contribution in [2.75, 3.05) is 12.4 Å². The molecule has 144 valence electrons. The molecule has 0 aromatic heterocycles. The summed E-state index contributed by atoms with van der Waals surface area (Å²) in [7, 11) is -1.93. The Labute approximate surface area is 160 Å². The molecule has 0 aliphatic carbocycles. The molecule has 1 amide bonds. The SMILES string of the molecule is COc1ccc(NC(=O)C=Cc2ccc(S(=O)(=O)NC(C)C)cc2)cc1C. The Hall–Kier alpha value is -2.64. The van der Waals surface area contributed by atoms with Crippen molar-refractivity contribution in [2.45, 2.75) is 31.7 Å². The zero-order chi connectivity index (χ0) is 20.0. The van der Waals surface area contributed by atoms with Gasteiger partial charge < -0.3 is 10.1 Å². The summed E-state index contributed by atoms with van der Waals surface area (Å²) in [6.07, 6.45) is 3.02. The summed E-state index contributed by atoms with van der Waals surface area (Å²) in [5, 5.41) is 2.77. The molecule has 0 atom stereocenters. The summed E-state index contributed by atoms with van der Waals surface area (Å²) >= 11 is 0. The van der Waals surface area contributed by atoms with Gasteiger partial charge in [-0.25, -0.2) is 13.1 Å². The topological polar surface area (TPSA) is 84.5 Å². The molecule has 0 radical (unpaired) electrons. The van der Waals surface area contributed by atoms with E-state index in [2.05, 4.69) is 10.0 Å². The minimum absolute atomic E-state index is 0.181. The number of carbonyl (C=O) groups is 1. The van der Waals surface area contributed by atoms with Crippen LogP contribution in [0.3, 0.4) is 0 Å². The van der Waals surface area contributed by atoms with Gasteiger partial charge in [0.05, 0.1) is 12.0 Å². The van der Waals surface area contributed by atoms with Crippen molar-refractivity contribution in [3.63, 3.8) is 0 Å². The third kappa shape index (κ3) is 5.94. The van der Waals surface area contributed by atoms with Gasteiger partial charge in [-0.3, -0.25) is 4.79 Å². The lowest BCUT2D eigenvalue weighted by Gasteiger charge is -2.09. The number of ether oxygens (including phenoxy) is 1. The first-order valence-corrected chi connectivity index (χ1v) is 9.95. The molecule has 6 nitrogen and oxygen atoms in total. The highest BCUT2D eigenvalue weighted by Gasteiger charge is 2.14. The van der Waals surface area contributed by atoms with E-state index in [1.165, 1.54) is 18.2 Å². The van der Waals surface area contributed by atoms with Crippen molar-refractivity contribution in [2.24, 2.45) is 0 Å². The van der Waals surface area contributed by atoms with E-state index in [1.807, 2.05) is 13.0 Å². The summed E-state index contributed by atoms with van der Waals surface area (Å²) in [6, 6.07) is 11.5. The summed E-state index contributed by atoms with van der Waals surface area (Å²) in [5.74, 6) is 0.475. The first-order chi connectivity index (χ1) is 12.7. The molecular formula is C20H24N2O4S. The molecule has 2 aromatic rings. The molecule has 2 N–H and O–H groups in total. The number of sulfonamides is 1.